The summed E-state index contributed by atoms with van der Waals surface area (Å²) < 4.78 is 5.56. The molecule has 0 unspecified atom stereocenters. The van der Waals surface area contributed by atoms with Gasteiger partial charge in [0, 0.05) is 12.1 Å². The molecule has 2 N–H and O–H groups in total. The molecule has 2 heterocycles. The van der Waals surface area contributed by atoms with Crippen molar-refractivity contribution in [2.24, 2.45) is 0 Å². The molecule has 0 radical (unpaired) electrons. The first-order valence-electron chi connectivity index (χ1n) is 7.24. The van der Waals surface area contributed by atoms with E-state index in [1.165, 1.54) is 5.56 Å². The number of hydrogen-bond acceptors (Lipinski definition) is 3. The Morgan fingerprint density at radius 2 is 2.20 bits per heavy atom. The summed E-state index contributed by atoms with van der Waals surface area (Å²) in [5, 5.41) is 4.37. The van der Waals surface area contributed by atoms with Gasteiger partial charge in [-0.05, 0) is 37.0 Å². The highest BCUT2D eigenvalue weighted by molar-refractivity contribution is 5.98. The molecule has 3 rings (SSSR count). The number of rotatable bonds is 3. The maximum absolute atomic E-state index is 12.2. The molecule has 4 heteroatoms. The zero-order valence-corrected chi connectivity index (χ0v) is 12.0. The van der Waals surface area contributed by atoms with Crippen LogP contribution in [0.15, 0.2) is 16.9 Å². The molecule has 106 valence electrons. The van der Waals surface area contributed by atoms with Gasteiger partial charge in [0.2, 0.25) is 0 Å². The molecule has 0 saturated heterocycles. The lowest BCUT2D eigenvalue weighted by Gasteiger charge is -2.21. The van der Waals surface area contributed by atoms with Crippen LogP contribution in [-0.2, 0) is 12.8 Å². The summed E-state index contributed by atoms with van der Waals surface area (Å²) in [6.07, 6.45) is 3.88. The van der Waals surface area contributed by atoms with Crippen LogP contribution in [0.25, 0.3) is 10.9 Å². The number of fused-ring (bicyclic) bond motifs is 3. The van der Waals surface area contributed by atoms with Crippen molar-refractivity contribution in [3.05, 3.63) is 33.6 Å². The van der Waals surface area contributed by atoms with E-state index >= 15 is 0 Å². The third kappa shape index (κ3) is 2.05. The van der Waals surface area contributed by atoms with Gasteiger partial charge in [0.05, 0.1) is 23.7 Å². The lowest BCUT2D eigenvalue weighted by Crippen LogP contribution is -2.22. The van der Waals surface area contributed by atoms with Crippen LogP contribution in [0.1, 0.15) is 30.9 Å². The fourth-order valence-corrected chi connectivity index (χ4v) is 3.00. The van der Waals surface area contributed by atoms with Crippen LogP contribution in [0, 0.1) is 0 Å². The number of nitrogens with one attached hydrogen (secondary N) is 2. The van der Waals surface area contributed by atoms with Crippen molar-refractivity contribution in [3.8, 4) is 5.75 Å². The van der Waals surface area contributed by atoms with Crippen LogP contribution >= 0.6 is 0 Å². The van der Waals surface area contributed by atoms with Gasteiger partial charge < -0.3 is 15.0 Å². The first-order chi connectivity index (χ1) is 9.74. The molecule has 0 bridgehead atoms. The highest BCUT2D eigenvalue weighted by Crippen LogP contribution is 2.35. The first-order valence-corrected chi connectivity index (χ1v) is 7.24. The second-order valence-corrected chi connectivity index (χ2v) is 5.31. The Labute approximate surface area is 118 Å². The van der Waals surface area contributed by atoms with Gasteiger partial charge in [-0.1, -0.05) is 13.3 Å². The van der Waals surface area contributed by atoms with Crippen molar-refractivity contribution < 1.29 is 4.74 Å². The van der Waals surface area contributed by atoms with Gasteiger partial charge in [0.25, 0.3) is 5.56 Å². The average molecular weight is 272 g/mol. The normalized spacial score (nSPS) is 13.9. The van der Waals surface area contributed by atoms with E-state index in [0.717, 1.165) is 60.1 Å². The minimum absolute atomic E-state index is 0.0235. The van der Waals surface area contributed by atoms with Crippen molar-refractivity contribution in [3.63, 3.8) is 0 Å². The zero-order valence-electron chi connectivity index (χ0n) is 12.0. The number of aromatic amines is 1. The molecule has 1 aliphatic heterocycles. The number of ether oxygens (including phenoxy) is 1. The smallest absolute Gasteiger partial charge is 0.253 e. The monoisotopic (exact) mass is 272 g/mol. The number of H-pyrrole nitrogens is 1. The van der Waals surface area contributed by atoms with Gasteiger partial charge in [-0.15, -0.1) is 0 Å². The number of aromatic nitrogens is 1. The quantitative estimate of drug-likeness (QED) is 0.903. The summed E-state index contributed by atoms with van der Waals surface area (Å²) >= 11 is 0. The van der Waals surface area contributed by atoms with Crippen LogP contribution in [-0.4, -0.2) is 18.6 Å². The fraction of sp³-hybridized carbons (Fsp3) is 0.438. The van der Waals surface area contributed by atoms with Crippen LogP contribution < -0.4 is 15.6 Å². The number of anilines is 1. The number of hydrogen-bond donors (Lipinski definition) is 2. The molecule has 1 aromatic heterocycles. The van der Waals surface area contributed by atoms with Gasteiger partial charge >= 0.3 is 0 Å². The van der Waals surface area contributed by atoms with Crippen molar-refractivity contribution in [2.45, 2.75) is 32.6 Å². The summed E-state index contributed by atoms with van der Waals surface area (Å²) in [4.78, 5) is 15.2. The summed E-state index contributed by atoms with van der Waals surface area (Å²) in [6.45, 7) is 3.05. The van der Waals surface area contributed by atoms with E-state index in [0.29, 0.717) is 0 Å². The van der Waals surface area contributed by atoms with Crippen molar-refractivity contribution in [1.82, 2.24) is 4.98 Å². The molecule has 4 nitrogen and oxygen atoms in total. The van der Waals surface area contributed by atoms with Crippen LogP contribution in [0.5, 0.6) is 5.75 Å². The van der Waals surface area contributed by atoms with E-state index in [9.17, 15) is 4.79 Å². The second-order valence-electron chi connectivity index (χ2n) is 5.31. The molecule has 0 aliphatic carbocycles. The van der Waals surface area contributed by atoms with Crippen LogP contribution in [0.4, 0.5) is 5.69 Å². The summed E-state index contributed by atoms with van der Waals surface area (Å²) in [6, 6.07) is 4.15. The average Bonchev–Trinajstić information content (AvgIpc) is 2.47. The topological polar surface area (TPSA) is 54.1 Å². The third-order valence-electron chi connectivity index (χ3n) is 3.90. The zero-order chi connectivity index (χ0) is 14.1. The van der Waals surface area contributed by atoms with E-state index in [1.807, 2.05) is 0 Å². The second kappa shape index (κ2) is 5.19. The van der Waals surface area contributed by atoms with E-state index in [-0.39, 0.29) is 5.56 Å². The Morgan fingerprint density at radius 1 is 1.35 bits per heavy atom. The van der Waals surface area contributed by atoms with Crippen LogP contribution in [0.3, 0.4) is 0 Å². The SMILES string of the molecule is CCCc1cc(OC)c2c3c(c(=O)[nH]c2c1)CCCN3. The Kier molecular flexibility index (Phi) is 3.38. The predicted molar refractivity (Wildman–Crippen MR) is 81.9 cm³/mol. The molecule has 0 spiro atoms. The summed E-state index contributed by atoms with van der Waals surface area (Å²) in [5.74, 6) is 0.841. The van der Waals surface area contributed by atoms with Gasteiger partial charge in [-0.2, -0.15) is 0 Å². The van der Waals surface area contributed by atoms with Gasteiger partial charge in [-0.3, -0.25) is 4.79 Å². The van der Waals surface area contributed by atoms with Crippen molar-refractivity contribution in [2.75, 3.05) is 19.0 Å². The maximum atomic E-state index is 12.2. The summed E-state index contributed by atoms with van der Waals surface area (Å²) in [7, 11) is 1.69. The first kappa shape index (κ1) is 13.0. The van der Waals surface area contributed by atoms with Crippen LogP contribution in [0.2, 0.25) is 0 Å². The Balaban J connectivity index is 2.33. The standard InChI is InChI=1S/C16H20N2O2/c1-3-5-10-8-12-14(13(9-10)20-2)15-11(16(19)18-12)6-4-7-17-15/h8-9,17H,3-7H2,1-2H3,(H,18,19). The van der Waals surface area contributed by atoms with E-state index in [2.05, 4.69) is 29.4 Å². The number of aryl methyl sites for hydroxylation is 1. The van der Waals surface area contributed by atoms with E-state index < -0.39 is 0 Å². The molecule has 0 fully saturated rings. The maximum Gasteiger partial charge on any atom is 0.253 e. The number of pyridine rings is 1. The molecule has 1 aromatic carbocycles. The Morgan fingerprint density at radius 3 is 2.95 bits per heavy atom. The summed E-state index contributed by atoms with van der Waals surface area (Å²) in [5.41, 5.74) is 3.89. The minimum atomic E-state index is 0.0235. The Hall–Kier alpha value is -1.97. The fourth-order valence-electron chi connectivity index (χ4n) is 3.00. The molecule has 0 amide bonds. The predicted octanol–water partition coefficient (Wildman–Crippen LogP) is 2.85. The lowest BCUT2D eigenvalue weighted by atomic mass is 9.99. The van der Waals surface area contributed by atoms with Gasteiger partial charge in [-0.25, -0.2) is 0 Å². The largest absolute Gasteiger partial charge is 0.496 e. The van der Waals surface area contributed by atoms with E-state index in [1.54, 1.807) is 7.11 Å². The molecule has 0 saturated carbocycles. The molecular formula is C16H20N2O2. The molecular weight excluding hydrogens is 252 g/mol. The molecule has 0 atom stereocenters. The van der Waals surface area contributed by atoms with E-state index in [4.69, 9.17) is 4.74 Å². The number of methoxy groups -OCH3 is 1. The van der Waals surface area contributed by atoms with Gasteiger partial charge in [0.15, 0.2) is 0 Å². The highest BCUT2D eigenvalue weighted by Gasteiger charge is 2.19. The molecule has 1 aliphatic rings. The minimum Gasteiger partial charge on any atom is -0.496 e. The molecule has 2 aromatic rings. The van der Waals surface area contributed by atoms with Crippen molar-refractivity contribution in [1.29, 1.82) is 0 Å². The molecule has 20 heavy (non-hydrogen) atoms. The van der Waals surface area contributed by atoms with Gasteiger partial charge in [0.1, 0.15) is 5.75 Å². The third-order valence-corrected chi connectivity index (χ3v) is 3.90. The number of benzene rings is 1. The highest BCUT2D eigenvalue weighted by atomic mass is 16.5. The van der Waals surface area contributed by atoms with Crippen molar-refractivity contribution >= 4 is 16.6 Å². The Bertz CT molecular complexity index is 704. The lowest BCUT2D eigenvalue weighted by molar-refractivity contribution is 0.419.